The fourth-order valence-electron chi connectivity index (χ4n) is 5.15. The van der Waals surface area contributed by atoms with Crippen molar-refractivity contribution in [2.45, 2.75) is 28.0 Å². The lowest BCUT2D eigenvalue weighted by Gasteiger charge is -2.41. The molecule has 0 radical (unpaired) electrons. The van der Waals surface area contributed by atoms with Crippen LogP contribution in [-0.4, -0.2) is 0 Å². The molecule has 2 aliphatic carbocycles. The molecule has 1 heteroatoms. The van der Waals surface area contributed by atoms with E-state index in [-0.39, 0.29) is 5.41 Å². The van der Waals surface area contributed by atoms with Gasteiger partial charge in [0.2, 0.25) is 0 Å². The maximum atomic E-state index is 2.36. The van der Waals surface area contributed by atoms with Crippen LogP contribution >= 0.6 is 11.8 Å². The second kappa shape index (κ2) is 5.25. The van der Waals surface area contributed by atoms with Crippen LogP contribution in [0.15, 0.2) is 100 Å². The Morgan fingerprint density at radius 3 is 1.92 bits per heavy atom. The third kappa shape index (κ3) is 1.67. The van der Waals surface area contributed by atoms with E-state index in [2.05, 4.69) is 84.9 Å². The Kier molecular flexibility index (Phi) is 2.95. The van der Waals surface area contributed by atoms with Crippen LogP contribution in [0.1, 0.15) is 35.1 Å². The van der Waals surface area contributed by atoms with E-state index in [1.54, 1.807) is 11.1 Å². The van der Waals surface area contributed by atoms with Gasteiger partial charge in [-0.05, 0) is 58.4 Å². The highest BCUT2D eigenvalue weighted by molar-refractivity contribution is 7.99. The van der Waals surface area contributed by atoms with Gasteiger partial charge in [0.05, 0.1) is 5.41 Å². The van der Waals surface area contributed by atoms with Gasteiger partial charge in [-0.2, -0.15) is 0 Å². The Balaban J connectivity index is 1.81. The molecule has 26 heavy (non-hydrogen) atoms. The minimum atomic E-state index is -0.130. The zero-order valence-corrected chi connectivity index (χ0v) is 15.2. The number of hydrogen-bond donors (Lipinski definition) is 0. The first kappa shape index (κ1) is 14.6. The van der Waals surface area contributed by atoms with Crippen molar-refractivity contribution in [3.8, 4) is 0 Å². The summed E-state index contributed by atoms with van der Waals surface area (Å²) in [5.74, 6) is 0. The van der Waals surface area contributed by atoms with Crippen LogP contribution in [0.4, 0.5) is 0 Å². The molecule has 1 spiro atoms. The Bertz CT molecular complexity index is 1070. The van der Waals surface area contributed by atoms with Gasteiger partial charge in [0, 0.05) is 9.79 Å². The standard InChI is InChI=1S/C25H18S/c1-3-11-19-17(9-1)18-10-2-4-12-20(18)25(19)21-13-5-7-15-23(21)26-24-16-8-6-14-22(24)25/h1-9,11,13-16H,10,12H2. The van der Waals surface area contributed by atoms with E-state index in [1.807, 2.05) is 11.8 Å². The van der Waals surface area contributed by atoms with Gasteiger partial charge in [0.15, 0.2) is 0 Å². The van der Waals surface area contributed by atoms with Crippen molar-refractivity contribution in [2.75, 3.05) is 0 Å². The van der Waals surface area contributed by atoms with Crippen LogP contribution in [0.5, 0.6) is 0 Å². The molecule has 3 aromatic carbocycles. The van der Waals surface area contributed by atoms with Crippen molar-refractivity contribution >= 4 is 17.3 Å². The predicted molar refractivity (Wildman–Crippen MR) is 109 cm³/mol. The lowest BCUT2D eigenvalue weighted by atomic mass is 9.65. The third-order valence-corrected chi connectivity index (χ3v) is 7.24. The lowest BCUT2D eigenvalue weighted by molar-refractivity contribution is 0.684. The second-order valence-corrected chi connectivity index (χ2v) is 8.31. The number of fused-ring (bicyclic) bond motifs is 8. The van der Waals surface area contributed by atoms with Gasteiger partial charge in [-0.3, -0.25) is 0 Å². The molecule has 1 heterocycles. The van der Waals surface area contributed by atoms with E-state index in [0.29, 0.717) is 0 Å². The summed E-state index contributed by atoms with van der Waals surface area (Å²) in [4.78, 5) is 2.79. The molecule has 0 fully saturated rings. The first-order valence-electron chi connectivity index (χ1n) is 9.25. The van der Waals surface area contributed by atoms with Crippen molar-refractivity contribution in [3.05, 3.63) is 113 Å². The Hall–Kier alpha value is -2.51. The molecule has 0 aromatic heterocycles. The smallest absolute Gasteiger partial charge is 0.0698 e. The molecular weight excluding hydrogens is 332 g/mol. The normalized spacial score (nSPS) is 18.3. The molecule has 0 N–H and O–H groups in total. The van der Waals surface area contributed by atoms with Crippen molar-refractivity contribution < 1.29 is 0 Å². The average Bonchev–Trinajstić information content (AvgIpc) is 3.00. The van der Waals surface area contributed by atoms with E-state index in [1.165, 1.54) is 32.0 Å². The molecule has 0 atom stereocenters. The van der Waals surface area contributed by atoms with E-state index in [9.17, 15) is 0 Å². The maximum absolute atomic E-state index is 2.36. The van der Waals surface area contributed by atoms with Crippen molar-refractivity contribution in [1.82, 2.24) is 0 Å². The van der Waals surface area contributed by atoms with Gasteiger partial charge in [0.25, 0.3) is 0 Å². The largest absolute Gasteiger partial charge is 0.0894 e. The summed E-state index contributed by atoms with van der Waals surface area (Å²) in [6.45, 7) is 0. The van der Waals surface area contributed by atoms with E-state index in [0.717, 1.165) is 12.8 Å². The van der Waals surface area contributed by atoms with Crippen LogP contribution in [0, 0.1) is 0 Å². The monoisotopic (exact) mass is 350 g/mol. The fraction of sp³-hybridized carbons (Fsp3) is 0.120. The van der Waals surface area contributed by atoms with Crippen LogP contribution in [0.25, 0.3) is 5.57 Å². The molecule has 3 aromatic rings. The topological polar surface area (TPSA) is 0 Å². The zero-order valence-electron chi connectivity index (χ0n) is 14.4. The summed E-state index contributed by atoms with van der Waals surface area (Å²) in [7, 11) is 0. The molecule has 3 aliphatic rings. The highest BCUT2D eigenvalue weighted by Gasteiger charge is 2.50. The minimum absolute atomic E-state index is 0.130. The highest BCUT2D eigenvalue weighted by Crippen LogP contribution is 2.62. The molecule has 0 nitrogen and oxygen atoms in total. The molecule has 0 unspecified atom stereocenters. The summed E-state index contributed by atoms with van der Waals surface area (Å²) in [5.41, 5.74) is 8.82. The van der Waals surface area contributed by atoms with Crippen LogP contribution in [0.2, 0.25) is 0 Å². The van der Waals surface area contributed by atoms with Crippen LogP contribution in [0.3, 0.4) is 0 Å². The van der Waals surface area contributed by atoms with E-state index < -0.39 is 0 Å². The number of benzene rings is 3. The van der Waals surface area contributed by atoms with Gasteiger partial charge in [-0.15, -0.1) is 0 Å². The summed E-state index contributed by atoms with van der Waals surface area (Å²) < 4.78 is 0. The SMILES string of the molecule is C1=CCC2=C(C1)c1ccccc1C21c2ccccc2Sc2ccccc21. The first-order chi connectivity index (χ1) is 12.9. The van der Waals surface area contributed by atoms with Crippen molar-refractivity contribution in [2.24, 2.45) is 0 Å². The second-order valence-electron chi connectivity index (χ2n) is 7.23. The lowest BCUT2D eigenvalue weighted by Crippen LogP contribution is -2.33. The fourth-order valence-corrected chi connectivity index (χ4v) is 6.34. The Morgan fingerprint density at radius 1 is 0.615 bits per heavy atom. The predicted octanol–water partition coefficient (Wildman–Crippen LogP) is 6.60. The van der Waals surface area contributed by atoms with Crippen molar-refractivity contribution in [3.63, 3.8) is 0 Å². The number of rotatable bonds is 0. The van der Waals surface area contributed by atoms with Gasteiger partial charge >= 0.3 is 0 Å². The average molecular weight is 350 g/mol. The van der Waals surface area contributed by atoms with Gasteiger partial charge in [0.1, 0.15) is 0 Å². The Labute approximate surface area is 158 Å². The summed E-state index contributed by atoms with van der Waals surface area (Å²) in [6.07, 6.45) is 6.78. The van der Waals surface area contributed by atoms with Crippen molar-refractivity contribution in [1.29, 1.82) is 0 Å². The first-order valence-corrected chi connectivity index (χ1v) is 10.1. The minimum Gasteiger partial charge on any atom is -0.0894 e. The summed E-state index contributed by atoms with van der Waals surface area (Å²) in [5, 5.41) is 0. The molecule has 1 aliphatic heterocycles. The quantitative estimate of drug-likeness (QED) is 0.411. The van der Waals surface area contributed by atoms with Crippen LogP contribution < -0.4 is 0 Å². The van der Waals surface area contributed by atoms with Crippen LogP contribution in [-0.2, 0) is 5.41 Å². The molecular formula is C25H18S. The molecule has 0 saturated carbocycles. The molecule has 124 valence electrons. The van der Waals surface area contributed by atoms with Gasteiger partial charge in [-0.1, -0.05) is 84.6 Å². The van der Waals surface area contributed by atoms with E-state index in [4.69, 9.17) is 0 Å². The number of hydrogen-bond acceptors (Lipinski definition) is 1. The maximum Gasteiger partial charge on any atom is 0.0698 e. The molecule has 0 amide bonds. The Morgan fingerprint density at radius 2 is 1.19 bits per heavy atom. The molecule has 0 bridgehead atoms. The zero-order chi connectivity index (χ0) is 17.1. The van der Waals surface area contributed by atoms with Gasteiger partial charge < -0.3 is 0 Å². The summed E-state index contributed by atoms with van der Waals surface area (Å²) in [6, 6.07) is 27.1. The molecule has 0 saturated heterocycles. The highest BCUT2D eigenvalue weighted by atomic mass is 32.2. The molecule has 6 rings (SSSR count). The third-order valence-electron chi connectivity index (χ3n) is 6.09. The van der Waals surface area contributed by atoms with E-state index >= 15 is 0 Å². The number of allylic oxidation sites excluding steroid dienone is 4. The summed E-state index contributed by atoms with van der Waals surface area (Å²) >= 11 is 1.92. The van der Waals surface area contributed by atoms with Gasteiger partial charge in [-0.25, -0.2) is 0 Å².